The second-order valence-corrected chi connectivity index (χ2v) is 4.36. The molecule has 0 saturated heterocycles. The molecule has 5 nitrogen and oxygen atoms in total. The zero-order valence-corrected chi connectivity index (χ0v) is 10.8. The Morgan fingerprint density at radius 3 is 2.89 bits per heavy atom. The maximum Gasteiger partial charge on any atom is 0.236 e. The van der Waals surface area contributed by atoms with Gasteiger partial charge in [0.25, 0.3) is 0 Å². The number of aryl methyl sites for hydroxylation is 2. The third-order valence-electron chi connectivity index (χ3n) is 2.36. The van der Waals surface area contributed by atoms with Crippen LogP contribution in [-0.4, -0.2) is 16.0 Å². The molecule has 0 atom stereocenters. The van der Waals surface area contributed by atoms with Crippen molar-refractivity contribution in [3.8, 4) is 0 Å². The van der Waals surface area contributed by atoms with Crippen LogP contribution in [0.5, 0.6) is 0 Å². The normalized spacial score (nSPS) is 10.4. The zero-order chi connectivity index (χ0) is 13.1. The molecule has 0 bridgehead atoms. The van der Waals surface area contributed by atoms with Crippen LogP contribution < -0.4 is 5.32 Å². The van der Waals surface area contributed by atoms with Gasteiger partial charge < -0.3 is 9.84 Å². The van der Waals surface area contributed by atoms with Crippen molar-refractivity contribution in [2.45, 2.75) is 20.3 Å². The topological polar surface area (TPSA) is 68.0 Å². The van der Waals surface area contributed by atoms with Crippen LogP contribution in [0, 0.1) is 13.8 Å². The molecule has 0 aliphatic rings. The lowest BCUT2D eigenvalue weighted by molar-refractivity contribution is -0.115. The summed E-state index contributed by atoms with van der Waals surface area (Å²) < 4.78 is 4.88. The van der Waals surface area contributed by atoms with Crippen molar-refractivity contribution in [1.82, 2.24) is 10.1 Å². The monoisotopic (exact) mass is 265 g/mol. The quantitative estimate of drug-likeness (QED) is 0.926. The van der Waals surface area contributed by atoms with Crippen molar-refractivity contribution in [3.63, 3.8) is 0 Å². The van der Waals surface area contributed by atoms with E-state index < -0.39 is 0 Å². The summed E-state index contributed by atoms with van der Waals surface area (Å²) in [5, 5.41) is 6.95. The van der Waals surface area contributed by atoms with Crippen molar-refractivity contribution < 1.29 is 9.32 Å². The van der Waals surface area contributed by atoms with Crippen molar-refractivity contribution in [3.05, 3.63) is 40.5 Å². The van der Waals surface area contributed by atoms with Gasteiger partial charge in [-0.1, -0.05) is 22.8 Å². The molecule has 1 aromatic carbocycles. The summed E-state index contributed by atoms with van der Waals surface area (Å²) in [6, 6.07) is 5.32. The molecule has 2 aromatic rings. The van der Waals surface area contributed by atoms with Gasteiger partial charge in [0, 0.05) is 10.7 Å². The Hall–Kier alpha value is -1.88. The third kappa shape index (κ3) is 3.07. The molecule has 6 heteroatoms. The molecule has 1 heterocycles. The van der Waals surface area contributed by atoms with Crippen LogP contribution in [0.2, 0.25) is 5.02 Å². The molecule has 2 rings (SSSR count). The fraction of sp³-hybridized carbons (Fsp3) is 0.250. The van der Waals surface area contributed by atoms with E-state index in [-0.39, 0.29) is 12.3 Å². The van der Waals surface area contributed by atoms with Crippen LogP contribution in [0.3, 0.4) is 0 Å². The lowest BCUT2D eigenvalue weighted by Crippen LogP contribution is -2.15. The van der Waals surface area contributed by atoms with E-state index in [0.29, 0.717) is 22.4 Å². The summed E-state index contributed by atoms with van der Waals surface area (Å²) in [5.41, 5.74) is 1.62. The number of hydrogen-bond acceptors (Lipinski definition) is 4. The highest BCUT2D eigenvalue weighted by molar-refractivity contribution is 6.31. The van der Waals surface area contributed by atoms with Crippen LogP contribution >= 0.6 is 11.6 Å². The van der Waals surface area contributed by atoms with E-state index in [1.165, 1.54) is 0 Å². The number of nitrogens with zero attached hydrogens (tertiary/aromatic N) is 2. The number of nitrogens with one attached hydrogen (secondary N) is 1. The Bertz CT molecular complexity index is 580. The molecule has 0 unspecified atom stereocenters. The maximum atomic E-state index is 11.8. The largest absolute Gasteiger partial charge is 0.339 e. The second-order valence-electron chi connectivity index (χ2n) is 3.92. The summed E-state index contributed by atoms with van der Waals surface area (Å²) in [4.78, 5) is 15.7. The third-order valence-corrected chi connectivity index (χ3v) is 2.59. The van der Waals surface area contributed by atoms with Crippen LogP contribution in [0.25, 0.3) is 0 Å². The van der Waals surface area contributed by atoms with Gasteiger partial charge in [-0.3, -0.25) is 4.79 Å². The van der Waals surface area contributed by atoms with Crippen LogP contribution in [0.4, 0.5) is 5.69 Å². The minimum absolute atomic E-state index is 0.0484. The van der Waals surface area contributed by atoms with Gasteiger partial charge in [-0.05, 0) is 31.5 Å². The van der Waals surface area contributed by atoms with E-state index in [9.17, 15) is 4.79 Å². The van der Waals surface area contributed by atoms with E-state index in [1.807, 2.05) is 13.0 Å². The summed E-state index contributed by atoms with van der Waals surface area (Å²) in [6.45, 7) is 3.59. The van der Waals surface area contributed by atoms with Gasteiger partial charge in [0.2, 0.25) is 11.8 Å². The van der Waals surface area contributed by atoms with E-state index in [1.54, 1.807) is 19.1 Å². The molecule has 0 fully saturated rings. The number of carbonyl (C=O) groups excluding carboxylic acids is 1. The van der Waals surface area contributed by atoms with Crippen molar-refractivity contribution in [2.75, 3.05) is 5.32 Å². The van der Waals surface area contributed by atoms with Crippen molar-refractivity contribution in [1.29, 1.82) is 0 Å². The van der Waals surface area contributed by atoms with E-state index in [2.05, 4.69) is 15.5 Å². The molecule has 1 N–H and O–H groups in total. The highest BCUT2D eigenvalue weighted by atomic mass is 35.5. The van der Waals surface area contributed by atoms with Gasteiger partial charge in [0.05, 0.1) is 0 Å². The Labute approximate surface area is 109 Å². The summed E-state index contributed by atoms with van der Waals surface area (Å²) >= 11 is 5.87. The number of carbonyl (C=O) groups is 1. The molecule has 0 spiro atoms. The molecule has 94 valence electrons. The molecule has 0 saturated carbocycles. The summed E-state index contributed by atoms with van der Waals surface area (Å²) in [7, 11) is 0. The SMILES string of the molecule is Cc1noc(CC(=O)Nc2cc(Cl)ccc2C)n1. The lowest BCUT2D eigenvalue weighted by atomic mass is 10.2. The number of rotatable bonds is 3. The first-order valence-corrected chi connectivity index (χ1v) is 5.77. The molecular formula is C12H12ClN3O2. The Morgan fingerprint density at radius 1 is 1.44 bits per heavy atom. The Morgan fingerprint density at radius 2 is 2.22 bits per heavy atom. The number of halogens is 1. The van der Waals surface area contributed by atoms with Gasteiger partial charge in [-0.15, -0.1) is 0 Å². The molecule has 1 aromatic heterocycles. The first-order chi connectivity index (χ1) is 8.54. The van der Waals surface area contributed by atoms with Gasteiger partial charge in [0.1, 0.15) is 6.42 Å². The number of anilines is 1. The first-order valence-electron chi connectivity index (χ1n) is 5.40. The molecule has 0 aliphatic carbocycles. The molecular weight excluding hydrogens is 254 g/mol. The molecule has 0 aliphatic heterocycles. The fourth-order valence-electron chi connectivity index (χ4n) is 1.47. The molecule has 1 amide bonds. The zero-order valence-electron chi connectivity index (χ0n) is 10.0. The average Bonchev–Trinajstić information content (AvgIpc) is 2.69. The fourth-order valence-corrected chi connectivity index (χ4v) is 1.64. The van der Waals surface area contributed by atoms with Crippen LogP contribution in [-0.2, 0) is 11.2 Å². The van der Waals surface area contributed by atoms with Crippen LogP contribution in [0.1, 0.15) is 17.3 Å². The Balaban J connectivity index is 2.05. The summed E-state index contributed by atoms with van der Waals surface area (Å²) in [6.07, 6.45) is 0.0484. The minimum Gasteiger partial charge on any atom is -0.339 e. The van der Waals surface area contributed by atoms with Crippen LogP contribution in [0.15, 0.2) is 22.7 Å². The second kappa shape index (κ2) is 5.18. The first kappa shape index (κ1) is 12.6. The van der Waals surface area contributed by atoms with E-state index >= 15 is 0 Å². The number of benzene rings is 1. The highest BCUT2D eigenvalue weighted by Gasteiger charge is 2.11. The number of hydrogen-bond donors (Lipinski definition) is 1. The van der Waals surface area contributed by atoms with E-state index in [4.69, 9.17) is 16.1 Å². The standard InChI is InChI=1S/C12H12ClN3O2/c1-7-3-4-9(13)5-10(7)15-11(17)6-12-14-8(2)16-18-12/h3-5H,6H2,1-2H3,(H,15,17). The lowest BCUT2D eigenvalue weighted by Gasteiger charge is -2.07. The maximum absolute atomic E-state index is 11.8. The predicted octanol–water partition coefficient (Wildman–Crippen LogP) is 2.52. The van der Waals surface area contributed by atoms with Gasteiger partial charge >= 0.3 is 0 Å². The highest BCUT2D eigenvalue weighted by Crippen LogP contribution is 2.20. The number of aromatic nitrogens is 2. The smallest absolute Gasteiger partial charge is 0.236 e. The van der Waals surface area contributed by atoms with Gasteiger partial charge in [-0.25, -0.2) is 0 Å². The average molecular weight is 266 g/mol. The Kier molecular flexibility index (Phi) is 3.62. The number of amides is 1. The van der Waals surface area contributed by atoms with Gasteiger partial charge in [-0.2, -0.15) is 4.98 Å². The minimum atomic E-state index is -0.219. The summed E-state index contributed by atoms with van der Waals surface area (Å²) in [5.74, 6) is 0.588. The van der Waals surface area contributed by atoms with E-state index in [0.717, 1.165) is 5.56 Å². The van der Waals surface area contributed by atoms with Crippen molar-refractivity contribution in [2.24, 2.45) is 0 Å². The predicted molar refractivity (Wildman–Crippen MR) is 67.6 cm³/mol. The molecule has 0 radical (unpaired) electrons. The molecule has 18 heavy (non-hydrogen) atoms. The van der Waals surface area contributed by atoms with Crippen molar-refractivity contribution >= 4 is 23.2 Å². The van der Waals surface area contributed by atoms with Gasteiger partial charge in [0.15, 0.2) is 5.82 Å².